The van der Waals surface area contributed by atoms with Crippen molar-refractivity contribution >= 4 is 12.2 Å². The molecule has 0 amide bonds. The Morgan fingerprint density at radius 2 is 1.88 bits per heavy atom. The highest BCUT2D eigenvalue weighted by Gasteiger charge is 2.23. The van der Waals surface area contributed by atoms with Crippen molar-refractivity contribution in [2.75, 3.05) is 6.54 Å². The first-order valence-electron chi connectivity index (χ1n) is 5.99. The molecule has 1 aliphatic carbocycles. The zero-order chi connectivity index (χ0) is 11.6. The Balaban J connectivity index is 2.26. The van der Waals surface area contributed by atoms with E-state index in [0.29, 0.717) is 12.5 Å². The van der Waals surface area contributed by atoms with E-state index in [4.69, 9.17) is 0 Å². The van der Waals surface area contributed by atoms with Crippen LogP contribution in [0.1, 0.15) is 44.9 Å². The maximum Gasteiger partial charge on any atom is 0.235 e. The minimum Gasteiger partial charge on any atom is -0.211 e. The molecule has 88 valence electrons. The van der Waals surface area contributed by atoms with Crippen LogP contribution in [0.3, 0.4) is 0 Å². The molecule has 0 aromatic heterocycles. The van der Waals surface area contributed by atoms with E-state index in [-0.39, 0.29) is 6.04 Å². The second kappa shape index (κ2) is 7.98. The number of rotatable bonds is 6. The van der Waals surface area contributed by atoms with Crippen molar-refractivity contribution in [3.05, 3.63) is 0 Å². The van der Waals surface area contributed by atoms with E-state index in [1.165, 1.54) is 12.8 Å². The largest absolute Gasteiger partial charge is 0.235 e. The molecule has 0 heterocycles. The molecular formula is C12H18N2O2. The summed E-state index contributed by atoms with van der Waals surface area (Å²) in [5.41, 5.74) is 0. The number of aliphatic imine (C=N–C) groups is 2. The fourth-order valence-electron chi connectivity index (χ4n) is 2.41. The summed E-state index contributed by atoms with van der Waals surface area (Å²) in [7, 11) is 0. The predicted octanol–water partition coefficient (Wildman–Crippen LogP) is 2.39. The van der Waals surface area contributed by atoms with Gasteiger partial charge in [0.1, 0.15) is 0 Å². The third-order valence-corrected chi connectivity index (χ3v) is 3.25. The van der Waals surface area contributed by atoms with Gasteiger partial charge in [-0.05, 0) is 31.6 Å². The van der Waals surface area contributed by atoms with E-state index in [2.05, 4.69) is 9.98 Å². The summed E-state index contributed by atoms with van der Waals surface area (Å²) in [5, 5.41) is 0. The molecule has 16 heavy (non-hydrogen) atoms. The normalized spacial score (nSPS) is 24.2. The van der Waals surface area contributed by atoms with Gasteiger partial charge in [0, 0.05) is 0 Å². The molecule has 1 aliphatic rings. The molecule has 0 radical (unpaired) electrons. The van der Waals surface area contributed by atoms with Gasteiger partial charge in [-0.2, -0.15) is 0 Å². The Kier molecular flexibility index (Phi) is 6.39. The van der Waals surface area contributed by atoms with Crippen molar-refractivity contribution in [2.45, 2.75) is 51.0 Å². The fraction of sp³-hybridized carbons (Fsp3) is 0.833. The number of carbonyl (C=O) groups excluding carboxylic acids is 2. The molecule has 1 rings (SSSR count). The molecule has 0 N–H and O–H groups in total. The summed E-state index contributed by atoms with van der Waals surface area (Å²) >= 11 is 0. The highest BCUT2D eigenvalue weighted by molar-refractivity contribution is 5.33. The number of hydrogen-bond acceptors (Lipinski definition) is 4. The second-order valence-electron chi connectivity index (χ2n) is 4.30. The average Bonchev–Trinajstić information content (AvgIpc) is 2.31. The highest BCUT2D eigenvalue weighted by atomic mass is 16.1. The number of hydrogen-bond donors (Lipinski definition) is 0. The van der Waals surface area contributed by atoms with Crippen LogP contribution in [0.5, 0.6) is 0 Å². The highest BCUT2D eigenvalue weighted by Crippen LogP contribution is 2.30. The zero-order valence-corrected chi connectivity index (χ0v) is 9.52. The lowest BCUT2D eigenvalue weighted by Gasteiger charge is -2.27. The average molecular weight is 222 g/mol. The molecule has 0 bridgehead atoms. The topological polar surface area (TPSA) is 58.9 Å². The van der Waals surface area contributed by atoms with Gasteiger partial charge in [-0.1, -0.05) is 19.3 Å². The van der Waals surface area contributed by atoms with Gasteiger partial charge in [-0.3, -0.25) is 0 Å². The summed E-state index contributed by atoms with van der Waals surface area (Å²) in [5.74, 6) is 0.524. The summed E-state index contributed by atoms with van der Waals surface area (Å²) in [6.07, 6.45) is 10.8. The molecule has 0 aromatic rings. The minimum absolute atomic E-state index is 0.181. The van der Waals surface area contributed by atoms with Gasteiger partial charge in [0.2, 0.25) is 12.2 Å². The monoisotopic (exact) mass is 222 g/mol. The molecular weight excluding hydrogens is 204 g/mol. The lowest BCUT2D eigenvalue weighted by molar-refractivity contribution is 0.286. The third-order valence-electron chi connectivity index (χ3n) is 3.25. The Morgan fingerprint density at radius 1 is 1.06 bits per heavy atom. The van der Waals surface area contributed by atoms with Crippen LogP contribution in [-0.4, -0.2) is 24.7 Å². The van der Waals surface area contributed by atoms with E-state index in [1.54, 1.807) is 12.2 Å². The van der Waals surface area contributed by atoms with E-state index in [9.17, 15) is 9.59 Å². The molecule has 4 nitrogen and oxygen atoms in total. The minimum atomic E-state index is 0.181. The number of unbranched alkanes of at least 4 members (excludes halogenated alkanes) is 1. The summed E-state index contributed by atoms with van der Waals surface area (Å²) in [4.78, 5) is 27.5. The van der Waals surface area contributed by atoms with E-state index in [0.717, 1.165) is 32.1 Å². The van der Waals surface area contributed by atoms with Crippen LogP contribution < -0.4 is 0 Å². The molecule has 1 fully saturated rings. The lowest BCUT2D eigenvalue weighted by atomic mass is 9.82. The van der Waals surface area contributed by atoms with Crippen LogP contribution in [0.15, 0.2) is 9.98 Å². The molecule has 0 aliphatic heterocycles. The van der Waals surface area contributed by atoms with Crippen LogP contribution in [0.25, 0.3) is 0 Å². The molecule has 0 spiro atoms. The SMILES string of the molecule is O=C=NCCCCC1CCCCC1N=C=O. The maximum absolute atomic E-state index is 10.3. The van der Waals surface area contributed by atoms with Gasteiger partial charge in [-0.15, -0.1) is 0 Å². The van der Waals surface area contributed by atoms with Gasteiger partial charge >= 0.3 is 0 Å². The standard InChI is InChI=1S/C12H18N2O2/c15-9-13-8-4-3-6-11-5-1-2-7-12(11)14-10-16/h11-12H,1-8H2. The predicted molar refractivity (Wildman–Crippen MR) is 60.7 cm³/mol. The Labute approximate surface area is 95.9 Å². The smallest absolute Gasteiger partial charge is 0.211 e. The molecule has 1 saturated carbocycles. The molecule has 0 aromatic carbocycles. The Bertz CT molecular complexity index is 291. The molecule has 2 atom stereocenters. The zero-order valence-electron chi connectivity index (χ0n) is 9.52. The van der Waals surface area contributed by atoms with Crippen LogP contribution in [0.2, 0.25) is 0 Å². The fourth-order valence-corrected chi connectivity index (χ4v) is 2.41. The van der Waals surface area contributed by atoms with Crippen molar-refractivity contribution in [1.29, 1.82) is 0 Å². The Morgan fingerprint density at radius 3 is 2.62 bits per heavy atom. The summed E-state index contributed by atoms with van der Waals surface area (Å²) in [6.45, 7) is 0.567. The van der Waals surface area contributed by atoms with Crippen molar-refractivity contribution in [3.8, 4) is 0 Å². The first-order chi connectivity index (χ1) is 7.88. The summed E-state index contributed by atoms with van der Waals surface area (Å²) < 4.78 is 0. The van der Waals surface area contributed by atoms with Crippen molar-refractivity contribution in [3.63, 3.8) is 0 Å². The Hall–Kier alpha value is -1.24. The van der Waals surface area contributed by atoms with Crippen molar-refractivity contribution < 1.29 is 9.59 Å². The van der Waals surface area contributed by atoms with Crippen LogP contribution >= 0.6 is 0 Å². The number of isocyanates is 2. The van der Waals surface area contributed by atoms with Crippen molar-refractivity contribution in [1.82, 2.24) is 0 Å². The van der Waals surface area contributed by atoms with Crippen LogP contribution in [0, 0.1) is 5.92 Å². The van der Waals surface area contributed by atoms with Gasteiger partial charge in [0.15, 0.2) is 0 Å². The van der Waals surface area contributed by atoms with Gasteiger partial charge in [0.25, 0.3) is 0 Å². The van der Waals surface area contributed by atoms with Crippen LogP contribution in [-0.2, 0) is 9.59 Å². The number of nitrogens with zero attached hydrogens (tertiary/aromatic N) is 2. The van der Waals surface area contributed by atoms with E-state index < -0.39 is 0 Å². The third kappa shape index (κ3) is 4.52. The molecule has 2 unspecified atom stereocenters. The van der Waals surface area contributed by atoms with E-state index >= 15 is 0 Å². The first kappa shape index (κ1) is 12.8. The second-order valence-corrected chi connectivity index (χ2v) is 4.30. The van der Waals surface area contributed by atoms with Gasteiger partial charge < -0.3 is 0 Å². The van der Waals surface area contributed by atoms with Crippen molar-refractivity contribution in [2.24, 2.45) is 15.9 Å². The summed E-state index contributed by atoms with van der Waals surface area (Å²) in [6, 6.07) is 0.181. The first-order valence-corrected chi connectivity index (χ1v) is 5.99. The van der Waals surface area contributed by atoms with Crippen LogP contribution in [0.4, 0.5) is 0 Å². The van der Waals surface area contributed by atoms with Gasteiger partial charge in [0.05, 0.1) is 12.6 Å². The molecule has 0 saturated heterocycles. The maximum atomic E-state index is 10.3. The lowest BCUT2D eigenvalue weighted by Crippen LogP contribution is -2.22. The van der Waals surface area contributed by atoms with Gasteiger partial charge in [-0.25, -0.2) is 19.6 Å². The van der Waals surface area contributed by atoms with E-state index in [1.807, 2.05) is 0 Å². The quantitative estimate of drug-likeness (QED) is 0.393. The molecule has 4 heteroatoms.